The van der Waals surface area contributed by atoms with E-state index in [4.69, 9.17) is 9.17 Å². The first kappa shape index (κ1) is 24.2. The van der Waals surface area contributed by atoms with E-state index in [9.17, 15) is 22.8 Å². The lowest BCUT2D eigenvalue weighted by Gasteiger charge is -2.30. The number of carbonyl (C=O) groups excluding carboxylic acids is 2. The molecule has 10 heteroatoms. The predicted octanol–water partition coefficient (Wildman–Crippen LogP) is 6.37. The molecule has 0 saturated carbocycles. The van der Waals surface area contributed by atoms with Crippen LogP contribution in [0, 0.1) is 0 Å². The maximum Gasteiger partial charge on any atom is 0.339 e. The number of aromatic nitrogens is 2. The summed E-state index contributed by atoms with van der Waals surface area (Å²) < 4.78 is 35.1. The highest BCUT2D eigenvalue weighted by Gasteiger charge is 2.40. The number of hydrogen-bond donors (Lipinski definition) is 0. The van der Waals surface area contributed by atoms with Crippen LogP contribution >= 0.6 is 0 Å². The molecule has 0 atom stereocenters. The van der Waals surface area contributed by atoms with Gasteiger partial charge in [0.05, 0.1) is 27.7 Å². The quantitative estimate of drug-likeness (QED) is 0.0910. The summed E-state index contributed by atoms with van der Waals surface area (Å²) in [6.07, 6.45) is 0. The second-order valence-electron chi connectivity index (χ2n) is 11.8. The summed E-state index contributed by atoms with van der Waals surface area (Å²) in [6, 6.07) is 26.1. The lowest BCUT2D eigenvalue weighted by Crippen LogP contribution is -2.40. The average Bonchev–Trinajstić information content (AvgIpc) is 3.46. The van der Waals surface area contributed by atoms with Gasteiger partial charge in [-0.3, -0.25) is 18.8 Å². The fourth-order valence-electron chi connectivity index (χ4n) is 7.83. The second-order valence-corrected chi connectivity index (χ2v) is 13.3. The smallest absolute Gasteiger partial charge is 0.339 e. The van der Waals surface area contributed by atoms with E-state index in [1.165, 1.54) is 16.5 Å². The van der Waals surface area contributed by atoms with Crippen molar-refractivity contribution in [2.24, 2.45) is 0 Å². The van der Waals surface area contributed by atoms with Gasteiger partial charge in [-0.1, -0.05) is 42.5 Å². The standard InChI is InChI=1S/C36H15N3O6S/c40-34-20-13-11-17-18-10-12-19-27-22(36(42)39-24-9-5-4-8-23(24)37-33(19)39)15-26-32(30(18)27)31-25(45-46(26,43)44)14-21(28(20)29(17)31)35(41)38(34)16-6-2-1-3-7-16/h1-15H. The van der Waals surface area contributed by atoms with Crippen molar-refractivity contribution in [2.75, 3.05) is 4.90 Å². The topological polar surface area (TPSA) is 115 Å². The number of benzene rings is 7. The summed E-state index contributed by atoms with van der Waals surface area (Å²) in [7, 11) is -4.42. The SMILES string of the molecule is O=C1c2ccc3c4ccc5c6c(cc7c(c8c(cc(c2c38)C(=O)N1c1ccccc1)OS7(=O)=O)c46)c(=O)n1c2ccccc2nc51. The normalized spacial score (nSPS) is 15.6. The monoisotopic (exact) mass is 617 g/mol. The van der Waals surface area contributed by atoms with Crippen molar-refractivity contribution in [1.29, 1.82) is 0 Å². The Balaban J connectivity index is 1.39. The van der Waals surface area contributed by atoms with Gasteiger partial charge in [-0.15, -0.1) is 0 Å². The molecule has 2 aliphatic heterocycles. The van der Waals surface area contributed by atoms with Gasteiger partial charge < -0.3 is 4.18 Å². The number of nitrogens with zero attached hydrogens (tertiary/aromatic N) is 3. The number of pyridine rings is 1. The molecule has 2 amide bonds. The Labute approximate surface area is 257 Å². The van der Waals surface area contributed by atoms with Crippen molar-refractivity contribution in [3.05, 3.63) is 112 Å². The van der Waals surface area contributed by atoms with Crippen molar-refractivity contribution in [2.45, 2.75) is 4.90 Å². The summed E-state index contributed by atoms with van der Waals surface area (Å²) >= 11 is 0. The predicted molar refractivity (Wildman–Crippen MR) is 174 cm³/mol. The van der Waals surface area contributed by atoms with Crippen LogP contribution in [0.3, 0.4) is 0 Å². The molecule has 11 rings (SSSR count). The molecule has 0 bridgehead atoms. The van der Waals surface area contributed by atoms with Crippen LogP contribution in [0.2, 0.25) is 0 Å². The molecule has 0 N–H and O–H groups in total. The van der Waals surface area contributed by atoms with E-state index in [0.717, 1.165) is 4.90 Å². The van der Waals surface area contributed by atoms with Crippen molar-refractivity contribution in [3.8, 4) is 5.75 Å². The molecule has 216 valence electrons. The highest BCUT2D eigenvalue weighted by molar-refractivity contribution is 7.87. The number of imide groups is 1. The minimum atomic E-state index is -4.42. The molecule has 0 saturated heterocycles. The van der Waals surface area contributed by atoms with Gasteiger partial charge in [0.15, 0.2) is 5.75 Å². The molecule has 0 aliphatic carbocycles. The number of rotatable bonds is 1. The summed E-state index contributed by atoms with van der Waals surface area (Å²) in [5, 5.41) is 5.44. The Morgan fingerprint density at radius 1 is 0.609 bits per heavy atom. The van der Waals surface area contributed by atoms with Crippen LogP contribution in [0.1, 0.15) is 20.7 Å². The Kier molecular flexibility index (Phi) is 3.98. The summed E-state index contributed by atoms with van der Waals surface area (Å²) in [6.45, 7) is 0. The number of para-hydroxylation sites is 3. The number of fused-ring (bicyclic) bond motifs is 5. The van der Waals surface area contributed by atoms with E-state index >= 15 is 0 Å². The molecular formula is C36H15N3O6S. The van der Waals surface area contributed by atoms with Crippen LogP contribution in [0.5, 0.6) is 5.75 Å². The van der Waals surface area contributed by atoms with Gasteiger partial charge in [-0.2, -0.15) is 8.42 Å². The van der Waals surface area contributed by atoms with Crippen LogP contribution < -0.4 is 14.6 Å². The van der Waals surface area contributed by atoms with Crippen molar-refractivity contribution in [1.82, 2.24) is 9.38 Å². The number of amides is 2. The fraction of sp³-hybridized carbons (Fsp3) is 0. The molecule has 9 nitrogen and oxygen atoms in total. The molecule has 4 heterocycles. The van der Waals surface area contributed by atoms with Gasteiger partial charge in [-0.05, 0) is 59.3 Å². The molecule has 2 aromatic heterocycles. The van der Waals surface area contributed by atoms with Crippen LogP contribution in [-0.4, -0.2) is 29.6 Å². The molecule has 7 aromatic carbocycles. The Morgan fingerprint density at radius 2 is 1.30 bits per heavy atom. The minimum Gasteiger partial charge on any atom is -0.378 e. The third-order valence-electron chi connectivity index (χ3n) is 9.62. The molecule has 46 heavy (non-hydrogen) atoms. The highest BCUT2D eigenvalue weighted by Crippen LogP contribution is 2.53. The second kappa shape index (κ2) is 7.56. The average molecular weight is 618 g/mol. The molecule has 2 aliphatic rings. The van der Waals surface area contributed by atoms with Gasteiger partial charge in [0.1, 0.15) is 10.5 Å². The number of carbonyl (C=O) groups is 2. The van der Waals surface area contributed by atoms with E-state index in [2.05, 4.69) is 0 Å². The minimum absolute atomic E-state index is 0.00448. The first-order chi connectivity index (χ1) is 22.3. The molecule has 0 fully saturated rings. The maximum atomic E-state index is 14.2. The van der Waals surface area contributed by atoms with Crippen LogP contribution in [-0.2, 0) is 10.1 Å². The van der Waals surface area contributed by atoms with Gasteiger partial charge in [0.2, 0.25) is 0 Å². The van der Waals surface area contributed by atoms with Crippen LogP contribution in [0.4, 0.5) is 5.69 Å². The zero-order valence-corrected chi connectivity index (χ0v) is 24.2. The van der Waals surface area contributed by atoms with Gasteiger partial charge in [0, 0.05) is 43.3 Å². The van der Waals surface area contributed by atoms with Crippen LogP contribution in [0.25, 0.3) is 70.5 Å². The first-order valence-electron chi connectivity index (χ1n) is 14.5. The van der Waals surface area contributed by atoms with E-state index in [1.54, 1.807) is 36.4 Å². The molecule has 0 unspecified atom stereocenters. The summed E-state index contributed by atoms with van der Waals surface area (Å²) in [5.74, 6) is -1.04. The number of hydrogen-bond acceptors (Lipinski definition) is 7. The third kappa shape index (κ3) is 2.56. The summed E-state index contributed by atoms with van der Waals surface area (Å²) in [4.78, 5) is 48.0. The number of imidazole rings is 1. The third-order valence-corrected chi connectivity index (χ3v) is 10.9. The largest absolute Gasteiger partial charge is 0.378 e. The van der Waals surface area contributed by atoms with E-state index in [-0.39, 0.29) is 27.2 Å². The molecule has 9 aromatic rings. The van der Waals surface area contributed by atoms with E-state index in [0.29, 0.717) is 76.4 Å². The molecule has 0 spiro atoms. The lowest BCUT2D eigenvalue weighted by atomic mass is 9.83. The zero-order chi connectivity index (χ0) is 30.8. The van der Waals surface area contributed by atoms with Gasteiger partial charge in [0.25, 0.3) is 17.4 Å². The van der Waals surface area contributed by atoms with Crippen molar-refractivity contribution >= 4 is 98.2 Å². The van der Waals surface area contributed by atoms with Gasteiger partial charge in [-0.25, -0.2) is 9.88 Å². The van der Waals surface area contributed by atoms with E-state index in [1.807, 2.05) is 42.5 Å². The molecular weight excluding hydrogens is 602 g/mol. The Bertz CT molecular complexity index is 3130. The van der Waals surface area contributed by atoms with Gasteiger partial charge >= 0.3 is 10.1 Å². The fourth-order valence-corrected chi connectivity index (χ4v) is 9.01. The lowest BCUT2D eigenvalue weighted by molar-refractivity contribution is 0.0893. The maximum absolute atomic E-state index is 14.2. The van der Waals surface area contributed by atoms with Crippen LogP contribution in [0.15, 0.2) is 101 Å². The van der Waals surface area contributed by atoms with Crippen molar-refractivity contribution in [3.63, 3.8) is 0 Å². The Morgan fingerprint density at radius 3 is 2.13 bits per heavy atom. The first-order valence-corrected chi connectivity index (χ1v) is 15.9. The van der Waals surface area contributed by atoms with E-state index < -0.39 is 21.9 Å². The van der Waals surface area contributed by atoms with Crippen molar-refractivity contribution < 1.29 is 22.2 Å². The molecule has 0 radical (unpaired) electrons. The Hall–Kier alpha value is -6.13. The number of anilines is 1. The zero-order valence-electron chi connectivity index (χ0n) is 23.4. The highest BCUT2D eigenvalue weighted by atomic mass is 32.2. The summed E-state index contributed by atoms with van der Waals surface area (Å²) in [5.41, 5.74) is 2.27.